The van der Waals surface area contributed by atoms with Crippen LogP contribution in [0.3, 0.4) is 0 Å². The molecule has 2 fully saturated rings. The van der Waals surface area contributed by atoms with Crippen LogP contribution in [0.25, 0.3) is 0 Å². The summed E-state index contributed by atoms with van der Waals surface area (Å²) < 4.78 is 5.15. The maximum atomic E-state index is 13.2. The van der Waals surface area contributed by atoms with Crippen LogP contribution >= 0.6 is 11.6 Å². The summed E-state index contributed by atoms with van der Waals surface area (Å²) in [6.45, 7) is 4.88. The SMILES string of the molecule is CCOC(=O)C1CCCN(C(=O)c2cccc(N3CCCN(Cc4ccc(Cl)cc4)C3=O)c2)C1. The third-order valence-electron chi connectivity index (χ3n) is 6.33. The molecule has 34 heavy (non-hydrogen) atoms. The number of urea groups is 1. The van der Waals surface area contributed by atoms with Gasteiger partial charge in [-0.15, -0.1) is 0 Å². The number of piperidine rings is 1. The lowest BCUT2D eigenvalue weighted by atomic mass is 9.97. The van der Waals surface area contributed by atoms with Crippen LogP contribution in [-0.2, 0) is 16.1 Å². The summed E-state index contributed by atoms with van der Waals surface area (Å²) in [4.78, 5) is 43.9. The highest BCUT2D eigenvalue weighted by Gasteiger charge is 2.31. The summed E-state index contributed by atoms with van der Waals surface area (Å²) in [7, 11) is 0. The Morgan fingerprint density at radius 1 is 1.06 bits per heavy atom. The fourth-order valence-electron chi connectivity index (χ4n) is 4.58. The number of ether oxygens (including phenoxy) is 1. The van der Waals surface area contributed by atoms with Gasteiger partial charge in [-0.2, -0.15) is 0 Å². The van der Waals surface area contributed by atoms with E-state index >= 15 is 0 Å². The molecule has 2 aliphatic rings. The van der Waals surface area contributed by atoms with Gasteiger partial charge in [0.05, 0.1) is 12.5 Å². The fourth-order valence-corrected chi connectivity index (χ4v) is 4.71. The Morgan fingerprint density at radius 3 is 2.62 bits per heavy atom. The van der Waals surface area contributed by atoms with E-state index in [2.05, 4.69) is 0 Å². The fraction of sp³-hybridized carbons (Fsp3) is 0.423. The molecule has 1 unspecified atom stereocenters. The molecule has 2 aromatic rings. The molecule has 3 amide bonds. The number of halogens is 1. The van der Waals surface area contributed by atoms with E-state index in [-0.39, 0.29) is 23.8 Å². The van der Waals surface area contributed by atoms with Crippen molar-refractivity contribution < 1.29 is 19.1 Å². The van der Waals surface area contributed by atoms with Gasteiger partial charge in [0.25, 0.3) is 5.91 Å². The molecular weight excluding hydrogens is 454 g/mol. The van der Waals surface area contributed by atoms with Gasteiger partial charge in [0.15, 0.2) is 0 Å². The summed E-state index contributed by atoms with van der Waals surface area (Å²) in [6.07, 6.45) is 2.33. The zero-order valence-electron chi connectivity index (χ0n) is 19.4. The number of rotatable bonds is 6. The van der Waals surface area contributed by atoms with Crippen LogP contribution in [-0.4, -0.2) is 60.5 Å². The van der Waals surface area contributed by atoms with E-state index in [1.54, 1.807) is 34.9 Å². The van der Waals surface area contributed by atoms with E-state index in [1.165, 1.54) is 0 Å². The van der Waals surface area contributed by atoms with Crippen LogP contribution in [0.5, 0.6) is 0 Å². The maximum Gasteiger partial charge on any atom is 0.324 e. The molecule has 180 valence electrons. The third kappa shape index (κ3) is 5.53. The highest BCUT2D eigenvalue weighted by Crippen LogP contribution is 2.25. The molecule has 7 nitrogen and oxygen atoms in total. The summed E-state index contributed by atoms with van der Waals surface area (Å²) in [5.41, 5.74) is 2.24. The molecule has 4 rings (SSSR count). The Kier molecular flexibility index (Phi) is 7.73. The van der Waals surface area contributed by atoms with Crippen molar-refractivity contribution >= 4 is 35.2 Å². The van der Waals surface area contributed by atoms with E-state index < -0.39 is 0 Å². The Bertz CT molecular complexity index is 1040. The molecule has 0 spiro atoms. The first-order valence-corrected chi connectivity index (χ1v) is 12.2. The molecule has 0 saturated carbocycles. The van der Waals surface area contributed by atoms with Crippen molar-refractivity contribution in [1.29, 1.82) is 0 Å². The van der Waals surface area contributed by atoms with Gasteiger partial charge in [0.1, 0.15) is 0 Å². The van der Waals surface area contributed by atoms with Crippen molar-refractivity contribution in [1.82, 2.24) is 9.80 Å². The minimum absolute atomic E-state index is 0.0776. The zero-order chi connectivity index (χ0) is 24.1. The number of hydrogen-bond acceptors (Lipinski definition) is 4. The Labute approximate surface area is 205 Å². The second-order valence-corrected chi connectivity index (χ2v) is 9.16. The number of anilines is 1. The predicted molar refractivity (Wildman–Crippen MR) is 131 cm³/mol. The molecule has 0 aromatic heterocycles. The molecule has 0 radical (unpaired) electrons. The molecule has 8 heteroatoms. The van der Waals surface area contributed by atoms with Crippen LogP contribution in [0.15, 0.2) is 48.5 Å². The molecule has 0 bridgehead atoms. The molecule has 2 aliphatic heterocycles. The third-order valence-corrected chi connectivity index (χ3v) is 6.58. The smallest absolute Gasteiger partial charge is 0.324 e. The van der Waals surface area contributed by atoms with Crippen LogP contribution < -0.4 is 4.90 Å². The lowest BCUT2D eigenvalue weighted by Gasteiger charge is -2.36. The minimum atomic E-state index is -0.286. The Morgan fingerprint density at radius 2 is 1.85 bits per heavy atom. The van der Waals surface area contributed by atoms with Gasteiger partial charge >= 0.3 is 12.0 Å². The van der Waals surface area contributed by atoms with Gasteiger partial charge < -0.3 is 14.5 Å². The number of hydrogen-bond donors (Lipinski definition) is 0. The van der Waals surface area contributed by atoms with Gasteiger partial charge in [0.2, 0.25) is 0 Å². The van der Waals surface area contributed by atoms with E-state index in [0.717, 1.165) is 24.8 Å². The topological polar surface area (TPSA) is 70.2 Å². The van der Waals surface area contributed by atoms with Gasteiger partial charge in [-0.3, -0.25) is 14.5 Å². The first-order valence-electron chi connectivity index (χ1n) is 11.8. The second kappa shape index (κ2) is 10.9. The Hall–Kier alpha value is -3.06. The van der Waals surface area contributed by atoms with Crippen molar-refractivity contribution in [3.63, 3.8) is 0 Å². The molecule has 0 aliphatic carbocycles. The Balaban J connectivity index is 1.45. The van der Waals surface area contributed by atoms with Crippen molar-refractivity contribution in [2.45, 2.75) is 32.7 Å². The number of amides is 3. The van der Waals surface area contributed by atoms with Crippen molar-refractivity contribution in [2.24, 2.45) is 5.92 Å². The molecule has 2 heterocycles. The second-order valence-electron chi connectivity index (χ2n) is 8.73. The first kappa shape index (κ1) is 24.1. The molecule has 1 atom stereocenters. The number of likely N-dealkylation sites (tertiary alicyclic amines) is 1. The standard InChI is InChI=1S/C26H30ClN3O4/c1-2-34-25(32)21-7-4-13-28(18-21)24(31)20-6-3-8-23(16-20)30-15-5-14-29(26(30)33)17-19-9-11-22(27)12-10-19/h3,6,8-12,16,21H,2,4-5,7,13-15,17-18H2,1H3. The lowest BCUT2D eigenvalue weighted by Crippen LogP contribution is -2.49. The van der Waals surface area contributed by atoms with E-state index in [1.807, 2.05) is 35.2 Å². The zero-order valence-corrected chi connectivity index (χ0v) is 20.2. The number of benzene rings is 2. The van der Waals surface area contributed by atoms with Crippen LogP contribution in [0.2, 0.25) is 5.02 Å². The summed E-state index contributed by atoms with van der Waals surface area (Å²) in [5.74, 6) is -0.655. The quantitative estimate of drug-likeness (QED) is 0.563. The van der Waals surface area contributed by atoms with Gasteiger partial charge in [-0.05, 0) is 62.1 Å². The van der Waals surface area contributed by atoms with Gasteiger partial charge in [-0.25, -0.2) is 4.79 Å². The minimum Gasteiger partial charge on any atom is -0.466 e. The molecule has 2 aromatic carbocycles. The maximum absolute atomic E-state index is 13.2. The van der Waals surface area contributed by atoms with Gasteiger partial charge in [0, 0.05) is 49.0 Å². The number of carbonyl (C=O) groups excluding carboxylic acids is 3. The van der Waals surface area contributed by atoms with Gasteiger partial charge in [-0.1, -0.05) is 29.8 Å². The number of nitrogens with zero attached hydrogens (tertiary/aromatic N) is 3. The van der Waals surface area contributed by atoms with Crippen molar-refractivity contribution in [3.8, 4) is 0 Å². The van der Waals surface area contributed by atoms with Crippen LogP contribution in [0, 0.1) is 5.92 Å². The number of esters is 1. The first-order chi connectivity index (χ1) is 16.5. The highest BCUT2D eigenvalue weighted by molar-refractivity contribution is 6.30. The summed E-state index contributed by atoms with van der Waals surface area (Å²) in [5, 5.41) is 0.666. The van der Waals surface area contributed by atoms with Crippen molar-refractivity contribution in [3.05, 3.63) is 64.7 Å². The molecule has 2 saturated heterocycles. The van der Waals surface area contributed by atoms with Crippen LogP contribution in [0.1, 0.15) is 42.1 Å². The summed E-state index contributed by atoms with van der Waals surface area (Å²) >= 11 is 5.98. The average Bonchev–Trinajstić information content (AvgIpc) is 2.86. The molecular formula is C26H30ClN3O4. The largest absolute Gasteiger partial charge is 0.466 e. The van der Waals surface area contributed by atoms with Crippen LogP contribution in [0.4, 0.5) is 10.5 Å². The number of carbonyl (C=O) groups is 3. The summed E-state index contributed by atoms with van der Waals surface area (Å²) in [6, 6.07) is 14.6. The highest BCUT2D eigenvalue weighted by atomic mass is 35.5. The lowest BCUT2D eigenvalue weighted by molar-refractivity contribution is -0.149. The monoisotopic (exact) mass is 483 g/mol. The van der Waals surface area contributed by atoms with E-state index in [9.17, 15) is 14.4 Å². The predicted octanol–water partition coefficient (Wildman–Crippen LogP) is 4.59. The normalized spacial score (nSPS) is 18.7. The molecule has 0 N–H and O–H groups in total. The van der Waals surface area contributed by atoms with E-state index in [0.29, 0.717) is 55.6 Å². The van der Waals surface area contributed by atoms with Crippen molar-refractivity contribution in [2.75, 3.05) is 37.7 Å². The van der Waals surface area contributed by atoms with E-state index in [4.69, 9.17) is 16.3 Å². The average molecular weight is 484 g/mol.